The van der Waals surface area contributed by atoms with Gasteiger partial charge in [0, 0.05) is 0 Å². The topological polar surface area (TPSA) is 3.24 Å². The summed E-state index contributed by atoms with van der Waals surface area (Å²) in [5.41, 5.74) is 1.42. The van der Waals surface area contributed by atoms with Crippen LogP contribution in [0.3, 0.4) is 0 Å². The maximum absolute atomic E-state index is 6.25. The molecule has 0 bridgehead atoms. The van der Waals surface area contributed by atoms with Gasteiger partial charge in [-0.1, -0.05) is 30.3 Å². The van der Waals surface area contributed by atoms with E-state index in [0.29, 0.717) is 0 Å². The van der Waals surface area contributed by atoms with Gasteiger partial charge in [-0.2, -0.15) is 11.1 Å². The molecule has 78 valence electrons. The summed E-state index contributed by atoms with van der Waals surface area (Å²) in [6, 6.07) is 11.8. The molecule has 1 rings (SSSR count). The second kappa shape index (κ2) is 6.22. The summed E-state index contributed by atoms with van der Waals surface area (Å²) in [4.78, 5) is 0. The Morgan fingerprint density at radius 2 is 1.86 bits per heavy atom. The van der Waals surface area contributed by atoms with E-state index in [-0.39, 0.29) is 0 Å². The minimum absolute atomic E-state index is 1.11. The zero-order valence-electron chi connectivity index (χ0n) is 8.91. The highest BCUT2D eigenvalue weighted by atomic mass is 35.6. The third kappa shape index (κ3) is 4.27. The summed E-state index contributed by atoms with van der Waals surface area (Å²) in [5.74, 6) is 0. The number of hydrogen-bond acceptors (Lipinski definition) is 1. The lowest BCUT2D eigenvalue weighted by atomic mass is 10.1. The Hall–Kier alpha value is -0.313. The van der Waals surface area contributed by atoms with Crippen LogP contribution < -0.4 is 0 Å². The molecule has 0 saturated heterocycles. The summed E-state index contributed by atoms with van der Waals surface area (Å²) >= 11 is 6.25. The molecule has 14 heavy (non-hydrogen) atoms. The SMILES string of the molecule is CN(C)[SiH](Cl)CCCc1ccccc1. The van der Waals surface area contributed by atoms with E-state index in [9.17, 15) is 0 Å². The lowest BCUT2D eigenvalue weighted by Gasteiger charge is -2.15. The molecular weight excluding hydrogens is 210 g/mol. The average Bonchev–Trinajstić information content (AvgIpc) is 2.19. The maximum atomic E-state index is 6.25. The molecule has 0 aliphatic carbocycles. The summed E-state index contributed by atoms with van der Waals surface area (Å²) < 4.78 is 2.19. The van der Waals surface area contributed by atoms with E-state index in [2.05, 4.69) is 49.0 Å². The molecule has 1 nitrogen and oxygen atoms in total. The fourth-order valence-electron chi connectivity index (χ4n) is 1.38. The predicted octanol–water partition coefficient (Wildman–Crippen LogP) is 2.64. The molecule has 0 radical (unpaired) electrons. The summed E-state index contributed by atoms with van der Waals surface area (Å²) in [6.07, 6.45) is 2.37. The largest absolute Gasteiger partial charge is 0.320 e. The van der Waals surface area contributed by atoms with Gasteiger partial charge in [-0.3, -0.25) is 0 Å². The van der Waals surface area contributed by atoms with Gasteiger partial charge in [0.1, 0.15) is 0 Å². The molecule has 0 amide bonds. The number of aryl methyl sites for hydroxylation is 1. The Morgan fingerprint density at radius 3 is 2.43 bits per heavy atom. The van der Waals surface area contributed by atoms with Crippen molar-refractivity contribution in [2.75, 3.05) is 14.1 Å². The van der Waals surface area contributed by atoms with Crippen LogP contribution in [0.5, 0.6) is 0 Å². The Bertz CT molecular complexity index is 251. The molecule has 0 aliphatic rings. The van der Waals surface area contributed by atoms with Gasteiger partial charge < -0.3 is 4.57 Å². The third-order valence-corrected chi connectivity index (χ3v) is 6.14. The van der Waals surface area contributed by atoms with Gasteiger partial charge >= 0.3 is 0 Å². The number of halogens is 1. The monoisotopic (exact) mass is 227 g/mol. The van der Waals surface area contributed by atoms with Crippen LogP contribution in [0.2, 0.25) is 6.04 Å². The quantitative estimate of drug-likeness (QED) is 0.552. The predicted molar refractivity (Wildman–Crippen MR) is 66.3 cm³/mol. The molecule has 0 spiro atoms. The van der Waals surface area contributed by atoms with Gasteiger partial charge in [-0.05, 0) is 38.5 Å². The zero-order valence-corrected chi connectivity index (χ0v) is 10.8. The second-order valence-corrected chi connectivity index (χ2v) is 7.77. The molecule has 3 heteroatoms. The van der Waals surface area contributed by atoms with Crippen molar-refractivity contribution in [3.05, 3.63) is 35.9 Å². The highest BCUT2D eigenvalue weighted by Crippen LogP contribution is 2.09. The van der Waals surface area contributed by atoms with Crippen LogP contribution in [0.25, 0.3) is 0 Å². The lowest BCUT2D eigenvalue weighted by molar-refractivity contribution is 0.645. The Morgan fingerprint density at radius 1 is 1.21 bits per heavy atom. The van der Waals surface area contributed by atoms with Crippen LogP contribution in [-0.4, -0.2) is 26.9 Å². The molecule has 1 atom stereocenters. The first kappa shape index (κ1) is 11.8. The van der Waals surface area contributed by atoms with Gasteiger partial charge in [0.2, 0.25) is 8.27 Å². The smallest absolute Gasteiger partial charge is 0.213 e. The van der Waals surface area contributed by atoms with Crippen LogP contribution in [0, 0.1) is 0 Å². The first-order valence-electron chi connectivity index (χ1n) is 5.04. The molecule has 0 saturated carbocycles. The third-order valence-electron chi connectivity index (χ3n) is 2.31. The van der Waals surface area contributed by atoms with Crippen LogP contribution in [0.15, 0.2) is 30.3 Å². The summed E-state index contributed by atoms with van der Waals surface area (Å²) in [6.45, 7) is 0. The van der Waals surface area contributed by atoms with Crippen molar-refractivity contribution in [1.29, 1.82) is 0 Å². The van der Waals surface area contributed by atoms with Gasteiger partial charge in [0.15, 0.2) is 0 Å². The van der Waals surface area contributed by atoms with Crippen molar-refractivity contribution in [2.45, 2.75) is 18.9 Å². The molecule has 0 N–H and O–H groups in total. The van der Waals surface area contributed by atoms with Gasteiger partial charge in [0.25, 0.3) is 0 Å². The van der Waals surface area contributed by atoms with E-state index in [1.807, 2.05) is 0 Å². The van der Waals surface area contributed by atoms with E-state index in [0.717, 1.165) is 6.42 Å². The van der Waals surface area contributed by atoms with Crippen LogP contribution >= 0.6 is 11.1 Å². The van der Waals surface area contributed by atoms with Gasteiger partial charge in [-0.15, -0.1) is 0 Å². The summed E-state index contributed by atoms with van der Waals surface area (Å²) in [5, 5.41) is 0. The molecular formula is C11H18ClNSi. The number of nitrogens with zero attached hydrogens (tertiary/aromatic N) is 1. The Kier molecular flexibility index (Phi) is 5.23. The minimum Gasteiger partial charge on any atom is -0.320 e. The van der Waals surface area contributed by atoms with Crippen molar-refractivity contribution in [1.82, 2.24) is 4.57 Å². The highest BCUT2D eigenvalue weighted by Gasteiger charge is 2.08. The Labute approximate surface area is 93.1 Å². The first-order valence-corrected chi connectivity index (χ1v) is 8.12. The van der Waals surface area contributed by atoms with Crippen LogP contribution in [0.4, 0.5) is 0 Å². The fourth-order valence-corrected chi connectivity index (χ4v) is 2.90. The normalized spacial score (nSPS) is 13.1. The van der Waals surface area contributed by atoms with Crippen molar-refractivity contribution in [3.63, 3.8) is 0 Å². The lowest BCUT2D eigenvalue weighted by Crippen LogP contribution is -2.26. The fraction of sp³-hybridized carbons (Fsp3) is 0.455. The maximum Gasteiger partial charge on any atom is 0.213 e. The molecule has 1 unspecified atom stereocenters. The van der Waals surface area contributed by atoms with Crippen molar-refractivity contribution in [3.8, 4) is 0 Å². The van der Waals surface area contributed by atoms with Crippen molar-refractivity contribution in [2.24, 2.45) is 0 Å². The first-order chi connectivity index (χ1) is 6.70. The molecule has 0 aromatic heterocycles. The number of hydrogen-bond donors (Lipinski definition) is 0. The van der Waals surface area contributed by atoms with Crippen LogP contribution in [0.1, 0.15) is 12.0 Å². The molecule has 0 aliphatic heterocycles. The van der Waals surface area contributed by atoms with E-state index < -0.39 is 8.27 Å². The second-order valence-electron chi connectivity index (χ2n) is 3.78. The molecule has 0 heterocycles. The summed E-state index contributed by atoms with van der Waals surface area (Å²) in [7, 11) is 3.04. The van der Waals surface area contributed by atoms with E-state index in [1.54, 1.807) is 0 Å². The Balaban J connectivity index is 2.22. The van der Waals surface area contributed by atoms with Crippen molar-refractivity contribution < 1.29 is 0 Å². The zero-order chi connectivity index (χ0) is 10.4. The number of benzene rings is 1. The van der Waals surface area contributed by atoms with Crippen LogP contribution in [-0.2, 0) is 6.42 Å². The molecule has 0 fully saturated rings. The van der Waals surface area contributed by atoms with Gasteiger partial charge in [-0.25, -0.2) is 0 Å². The van der Waals surface area contributed by atoms with Crippen molar-refractivity contribution >= 4 is 19.3 Å². The standard InChI is InChI=1S/C11H18ClNSi/c1-13(2)14(12)10-6-9-11-7-4-3-5-8-11/h3-5,7-8,14H,6,9-10H2,1-2H3. The van der Waals surface area contributed by atoms with Gasteiger partial charge in [0.05, 0.1) is 0 Å². The molecule has 1 aromatic carbocycles. The number of rotatable bonds is 5. The van der Waals surface area contributed by atoms with E-state index in [1.165, 1.54) is 18.0 Å². The highest BCUT2D eigenvalue weighted by molar-refractivity contribution is 7.05. The average molecular weight is 228 g/mol. The molecule has 1 aromatic rings. The van der Waals surface area contributed by atoms with E-state index in [4.69, 9.17) is 11.1 Å². The minimum atomic E-state index is -1.11. The van der Waals surface area contributed by atoms with E-state index >= 15 is 0 Å².